The van der Waals surface area contributed by atoms with Crippen LogP contribution in [-0.2, 0) is 6.18 Å². The van der Waals surface area contributed by atoms with Crippen molar-refractivity contribution >= 4 is 15.9 Å². The molecule has 0 bridgehead atoms. The molecule has 0 radical (unpaired) electrons. The Morgan fingerprint density at radius 2 is 1.81 bits per heavy atom. The van der Waals surface area contributed by atoms with Gasteiger partial charge in [0.05, 0.1) is 11.6 Å². The molecule has 0 fully saturated rings. The molecule has 0 amide bonds. The summed E-state index contributed by atoms with van der Waals surface area (Å²) in [6.45, 7) is 2.58. The van der Waals surface area contributed by atoms with Crippen LogP contribution in [0.5, 0.6) is 0 Å². The summed E-state index contributed by atoms with van der Waals surface area (Å²) in [4.78, 5) is 0. The van der Waals surface area contributed by atoms with Crippen LogP contribution in [0, 0.1) is 0 Å². The smallest absolute Gasteiger partial charge is 0.306 e. The van der Waals surface area contributed by atoms with Gasteiger partial charge in [0, 0.05) is 4.47 Å². The van der Waals surface area contributed by atoms with Gasteiger partial charge in [-0.05, 0) is 35.9 Å². The highest BCUT2D eigenvalue weighted by Crippen LogP contribution is 2.33. The third kappa shape index (κ3) is 3.86. The summed E-state index contributed by atoms with van der Waals surface area (Å²) in [5.41, 5.74) is 0.882. The van der Waals surface area contributed by atoms with Gasteiger partial charge in [-0.2, -0.15) is 13.2 Å². The van der Waals surface area contributed by atoms with Crippen molar-refractivity contribution in [2.75, 3.05) is 6.54 Å². The quantitative estimate of drug-likeness (QED) is 0.796. The number of halogens is 4. The lowest BCUT2D eigenvalue weighted by Crippen LogP contribution is -2.22. The summed E-state index contributed by atoms with van der Waals surface area (Å²) >= 11 is 3.46. The fraction of sp³-hybridized carbons (Fsp3) is 0.250. The van der Waals surface area contributed by atoms with E-state index < -0.39 is 11.7 Å². The molecule has 5 heteroatoms. The van der Waals surface area contributed by atoms with Gasteiger partial charge in [-0.15, -0.1) is 0 Å². The van der Waals surface area contributed by atoms with Crippen molar-refractivity contribution in [3.05, 3.63) is 69.7 Å². The molecule has 0 aromatic heterocycles. The first-order chi connectivity index (χ1) is 9.93. The van der Waals surface area contributed by atoms with Gasteiger partial charge in [0.15, 0.2) is 0 Å². The molecule has 1 N–H and O–H groups in total. The molecule has 1 unspecified atom stereocenters. The number of alkyl halides is 3. The first-order valence-electron chi connectivity index (χ1n) is 6.58. The topological polar surface area (TPSA) is 12.0 Å². The lowest BCUT2D eigenvalue weighted by molar-refractivity contribution is -0.137. The van der Waals surface area contributed by atoms with Crippen molar-refractivity contribution in [1.82, 2.24) is 5.32 Å². The van der Waals surface area contributed by atoms with Gasteiger partial charge in [0.25, 0.3) is 0 Å². The van der Waals surface area contributed by atoms with E-state index >= 15 is 0 Å². The van der Waals surface area contributed by atoms with E-state index in [1.807, 2.05) is 31.2 Å². The normalized spacial score (nSPS) is 13.2. The molecule has 21 heavy (non-hydrogen) atoms. The van der Waals surface area contributed by atoms with Crippen LogP contribution in [0.25, 0.3) is 0 Å². The van der Waals surface area contributed by atoms with Gasteiger partial charge in [-0.1, -0.05) is 53.2 Å². The lowest BCUT2D eigenvalue weighted by atomic mass is 9.97. The summed E-state index contributed by atoms with van der Waals surface area (Å²) < 4.78 is 39.5. The van der Waals surface area contributed by atoms with Crippen LogP contribution in [0.15, 0.2) is 53.0 Å². The molecule has 0 heterocycles. The van der Waals surface area contributed by atoms with Crippen molar-refractivity contribution in [2.45, 2.75) is 19.1 Å². The average molecular weight is 358 g/mol. The van der Waals surface area contributed by atoms with Gasteiger partial charge in [-0.3, -0.25) is 0 Å². The third-order valence-electron chi connectivity index (χ3n) is 3.17. The zero-order chi connectivity index (χ0) is 15.5. The number of benzene rings is 2. The average Bonchev–Trinajstić information content (AvgIpc) is 2.45. The highest BCUT2D eigenvalue weighted by atomic mass is 79.9. The molecule has 2 aromatic rings. The SMILES string of the molecule is CCNC(c1cccc(C(F)(F)F)c1)c1ccccc1Br. The first kappa shape index (κ1) is 16.0. The van der Waals surface area contributed by atoms with Crippen LogP contribution in [0.4, 0.5) is 13.2 Å². The maximum atomic E-state index is 12.9. The Bertz CT molecular complexity index is 610. The molecule has 2 aromatic carbocycles. The predicted octanol–water partition coefficient (Wildman–Crippen LogP) is 5.17. The van der Waals surface area contributed by atoms with Crippen LogP contribution in [0.1, 0.15) is 29.7 Å². The Morgan fingerprint density at radius 1 is 1.10 bits per heavy atom. The summed E-state index contributed by atoms with van der Waals surface area (Å²) in [5.74, 6) is 0. The molecule has 0 saturated carbocycles. The van der Waals surface area contributed by atoms with Crippen molar-refractivity contribution < 1.29 is 13.2 Å². The molecule has 112 valence electrons. The largest absolute Gasteiger partial charge is 0.416 e. The summed E-state index contributed by atoms with van der Waals surface area (Å²) in [7, 11) is 0. The van der Waals surface area contributed by atoms with E-state index in [4.69, 9.17) is 0 Å². The Balaban J connectivity index is 2.46. The van der Waals surface area contributed by atoms with E-state index in [1.165, 1.54) is 12.1 Å². The highest BCUT2D eigenvalue weighted by molar-refractivity contribution is 9.10. The second-order valence-electron chi connectivity index (χ2n) is 4.64. The maximum Gasteiger partial charge on any atom is 0.416 e. The second kappa shape index (κ2) is 6.62. The van der Waals surface area contributed by atoms with Crippen molar-refractivity contribution in [3.8, 4) is 0 Å². The molecular weight excluding hydrogens is 343 g/mol. The molecule has 0 saturated heterocycles. The van der Waals surface area contributed by atoms with E-state index in [2.05, 4.69) is 21.2 Å². The molecule has 0 aliphatic rings. The Labute approximate surface area is 130 Å². The minimum atomic E-state index is -4.33. The van der Waals surface area contributed by atoms with Crippen molar-refractivity contribution in [2.24, 2.45) is 0 Å². The number of hydrogen-bond acceptors (Lipinski definition) is 1. The van der Waals surface area contributed by atoms with Crippen LogP contribution < -0.4 is 5.32 Å². The molecule has 0 spiro atoms. The minimum Gasteiger partial charge on any atom is -0.306 e. The Hall–Kier alpha value is -1.33. The van der Waals surface area contributed by atoms with Crippen molar-refractivity contribution in [1.29, 1.82) is 0 Å². The summed E-state index contributed by atoms with van der Waals surface area (Å²) in [6, 6.07) is 12.7. The van der Waals surface area contributed by atoms with Gasteiger partial charge in [0.1, 0.15) is 0 Å². The van der Waals surface area contributed by atoms with Gasteiger partial charge in [0.2, 0.25) is 0 Å². The highest BCUT2D eigenvalue weighted by Gasteiger charge is 2.31. The fourth-order valence-corrected chi connectivity index (χ4v) is 2.73. The van der Waals surface area contributed by atoms with E-state index in [9.17, 15) is 13.2 Å². The number of nitrogens with one attached hydrogen (secondary N) is 1. The van der Waals surface area contributed by atoms with Crippen LogP contribution >= 0.6 is 15.9 Å². The second-order valence-corrected chi connectivity index (χ2v) is 5.49. The zero-order valence-electron chi connectivity index (χ0n) is 11.4. The van der Waals surface area contributed by atoms with Crippen LogP contribution in [-0.4, -0.2) is 6.54 Å². The van der Waals surface area contributed by atoms with Crippen LogP contribution in [0.3, 0.4) is 0 Å². The third-order valence-corrected chi connectivity index (χ3v) is 3.89. The van der Waals surface area contributed by atoms with Crippen molar-refractivity contribution in [3.63, 3.8) is 0 Å². The minimum absolute atomic E-state index is 0.284. The Kier molecular flexibility index (Phi) is 5.06. The van der Waals surface area contributed by atoms with Gasteiger partial charge < -0.3 is 5.32 Å². The molecule has 0 aliphatic heterocycles. The fourth-order valence-electron chi connectivity index (χ4n) is 2.22. The zero-order valence-corrected chi connectivity index (χ0v) is 13.0. The first-order valence-corrected chi connectivity index (χ1v) is 7.37. The maximum absolute atomic E-state index is 12.9. The molecule has 2 rings (SSSR count). The lowest BCUT2D eigenvalue weighted by Gasteiger charge is -2.21. The van der Waals surface area contributed by atoms with E-state index in [0.717, 1.165) is 16.1 Å². The number of hydrogen-bond donors (Lipinski definition) is 1. The van der Waals surface area contributed by atoms with E-state index in [-0.39, 0.29) is 6.04 Å². The summed E-state index contributed by atoms with van der Waals surface area (Å²) in [6.07, 6.45) is -4.33. The van der Waals surface area contributed by atoms with E-state index in [1.54, 1.807) is 6.07 Å². The Morgan fingerprint density at radius 3 is 2.43 bits per heavy atom. The van der Waals surface area contributed by atoms with Gasteiger partial charge >= 0.3 is 6.18 Å². The van der Waals surface area contributed by atoms with Crippen LogP contribution in [0.2, 0.25) is 0 Å². The molecule has 1 atom stereocenters. The predicted molar refractivity (Wildman–Crippen MR) is 81.1 cm³/mol. The summed E-state index contributed by atoms with van der Waals surface area (Å²) in [5, 5.41) is 3.24. The monoisotopic (exact) mass is 357 g/mol. The molecule has 0 aliphatic carbocycles. The molecular formula is C16H15BrF3N. The standard InChI is InChI=1S/C16H15BrF3N/c1-2-21-15(13-8-3-4-9-14(13)17)11-6-5-7-12(10-11)16(18,19)20/h3-10,15,21H,2H2,1H3. The van der Waals surface area contributed by atoms with E-state index in [0.29, 0.717) is 12.1 Å². The van der Waals surface area contributed by atoms with Gasteiger partial charge in [-0.25, -0.2) is 0 Å². The number of rotatable bonds is 4. The molecule has 1 nitrogen and oxygen atoms in total.